The minimum atomic E-state index is 0.430. The van der Waals surface area contributed by atoms with Crippen LogP contribution in [0.25, 0.3) is 0 Å². The van der Waals surface area contributed by atoms with Crippen molar-refractivity contribution in [2.75, 3.05) is 6.61 Å². The van der Waals surface area contributed by atoms with Crippen molar-refractivity contribution in [3.05, 3.63) is 29.8 Å². The molecule has 2 heteroatoms. The van der Waals surface area contributed by atoms with Crippen LogP contribution in [0, 0.1) is 5.41 Å². The Morgan fingerprint density at radius 2 is 2.10 bits per heavy atom. The normalized spacial score (nSPS) is 14.6. The fourth-order valence-corrected chi connectivity index (χ4v) is 1.07. The predicted molar refractivity (Wildman–Crippen MR) is 38.8 cm³/mol. The smallest absolute Gasteiger partial charge is 0.130 e. The van der Waals surface area contributed by atoms with Crippen molar-refractivity contribution in [2.24, 2.45) is 0 Å². The molecule has 0 atom stereocenters. The molecule has 50 valence electrons. The second kappa shape index (κ2) is 1.84. The molecule has 10 heavy (non-hydrogen) atoms. The lowest BCUT2D eigenvalue weighted by Crippen LogP contribution is -1.98. The first kappa shape index (κ1) is 5.47. The molecule has 0 aromatic heterocycles. The van der Waals surface area contributed by atoms with Crippen molar-refractivity contribution < 1.29 is 4.74 Å². The molecule has 0 bridgehead atoms. The first-order chi connectivity index (χ1) is 4.88. The molecular weight excluding hydrogens is 126 g/mol. The molecule has 1 heterocycles. The zero-order valence-corrected chi connectivity index (χ0v) is 5.42. The lowest BCUT2D eigenvalue weighted by molar-refractivity contribution is 0.392. The molecule has 1 aliphatic rings. The van der Waals surface area contributed by atoms with Gasteiger partial charge in [-0.1, -0.05) is 12.1 Å². The number of hydrogen-bond acceptors (Lipinski definition) is 2. The van der Waals surface area contributed by atoms with Crippen molar-refractivity contribution in [1.29, 1.82) is 5.41 Å². The Kier molecular flexibility index (Phi) is 1.01. The second-order valence-corrected chi connectivity index (χ2v) is 2.26. The quantitative estimate of drug-likeness (QED) is 0.570. The largest absolute Gasteiger partial charge is 0.487 e. The van der Waals surface area contributed by atoms with E-state index in [0.717, 1.165) is 11.3 Å². The number of hydrogen-bond donors (Lipinski definition) is 1. The van der Waals surface area contributed by atoms with E-state index < -0.39 is 0 Å². The van der Waals surface area contributed by atoms with Gasteiger partial charge in [-0.05, 0) is 12.1 Å². The van der Waals surface area contributed by atoms with Gasteiger partial charge in [0, 0.05) is 5.56 Å². The Morgan fingerprint density at radius 3 is 2.90 bits per heavy atom. The third-order valence-corrected chi connectivity index (χ3v) is 1.58. The van der Waals surface area contributed by atoms with Crippen LogP contribution in [0.2, 0.25) is 0 Å². The van der Waals surface area contributed by atoms with E-state index in [-0.39, 0.29) is 0 Å². The maximum absolute atomic E-state index is 7.41. The molecule has 2 rings (SSSR count). The molecule has 0 aliphatic carbocycles. The van der Waals surface area contributed by atoms with Crippen LogP contribution in [0.3, 0.4) is 0 Å². The van der Waals surface area contributed by atoms with Crippen LogP contribution in [-0.4, -0.2) is 12.3 Å². The average Bonchev–Trinajstić information content (AvgIpc) is 2.34. The number of rotatable bonds is 0. The highest BCUT2D eigenvalue weighted by molar-refractivity contribution is 6.03. The van der Waals surface area contributed by atoms with Gasteiger partial charge >= 0.3 is 0 Å². The number of benzene rings is 1. The van der Waals surface area contributed by atoms with Crippen LogP contribution in [0.1, 0.15) is 5.56 Å². The molecule has 1 aromatic carbocycles. The fraction of sp³-hybridized carbons (Fsp3) is 0.125. The highest BCUT2D eigenvalue weighted by atomic mass is 16.5. The average molecular weight is 133 g/mol. The van der Waals surface area contributed by atoms with Crippen LogP contribution in [0.4, 0.5) is 0 Å². The molecule has 0 saturated heterocycles. The number of para-hydroxylation sites is 1. The van der Waals surface area contributed by atoms with Gasteiger partial charge in [0.2, 0.25) is 0 Å². The third kappa shape index (κ3) is 0.620. The topological polar surface area (TPSA) is 33.1 Å². The van der Waals surface area contributed by atoms with E-state index in [1.54, 1.807) is 0 Å². The van der Waals surface area contributed by atoms with Crippen LogP contribution >= 0.6 is 0 Å². The molecule has 0 saturated carbocycles. The van der Waals surface area contributed by atoms with Crippen molar-refractivity contribution in [3.8, 4) is 5.75 Å². The van der Waals surface area contributed by atoms with Crippen LogP contribution in [0.5, 0.6) is 5.75 Å². The van der Waals surface area contributed by atoms with E-state index in [9.17, 15) is 0 Å². The summed E-state index contributed by atoms with van der Waals surface area (Å²) in [6.07, 6.45) is 0. The summed E-state index contributed by atoms with van der Waals surface area (Å²) in [5, 5.41) is 7.41. The second-order valence-electron chi connectivity index (χ2n) is 2.26. The summed E-state index contributed by atoms with van der Waals surface area (Å²) in [4.78, 5) is 0. The van der Waals surface area contributed by atoms with Gasteiger partial charge in [-0.25, -0.2) is 0 Å². The minimum Gasteiger partial charge on any atom is -0.487 e. The summed E-state index contributed by atoms with van der Waals surface area (Å²) in [5.41, 5.74) is 1.51. The number of fused-ring (bicyclic) bond motifs is 1. The third-order valence-electron chi connectivity index (χ3n) is 1.58. The maximum atomic E-state index is 7.41. The van der Waals surface area contributed by atoms with Gasteiger partial charge in [-0.15, -0.1) is 0 Å². The molecule has 0 fully saturated rings. The monoisotopic (exact) mass is 133 g/mol. The highest BCUT2D eigenvalue weighted by Crippen LogP contribution is 2.23. The summed E-state index contributed by atoms with van der Waals surface area (Å²) < 4.78 is 5.19. The van der Waals surface area contributed by atoms with Crippen molar-refractivity contribution in [1.82, 2.24) is 0 Å². The molecule has 1 aliphatic heterocycles. The predicted octanol–water partition coefficient (Wildman–Crippen LogP) is 1.45. The summed E-state index contributed by atoms with van der Waals surface area (Å²) in [6.45, 7) is 0.430. The summed E-state index contributed by atoms with van der Waals surface area (Å²) >= 11 is 0. The lowest BCUT2D eigenvalue weighted by Gasteiger charge is -1.92. The first-order valence-electron chi connectivity index (χ1n) is 3.17. The Morgan fingerprint density at radius 1 is 1.30 bits per heavy atom. The van der Waals surface area contributed by atoms with E-state index in [1.165, 1.54) is 0 Å². The molecule has 0 amide bonds. The van der Waals surface area contributed by atoms with Crippen LogP contribution < -0.4 is 4.74 Å². The van der Waals surface area contributed by atoms with Gasteiger partial charge in [-0.3, -0.25) is 0 Å². The summed E-state index contributed by atoms with van der Waals surface area (Å²) in [7, 11) is 0. The van der Waals surface area contributed by atoms with Gasteiger partial charge in [0.1, 0.15) is 12.4 Å². The summed E-state index contributed by atoms with van der Waals surface area (Å²) in [6, 6.07) is 7.63. The molecule has 0 spiro atoms. The van der Waals surface area contributed by atoms with Crippen molar-refractivity contribution in [2.45, 2.75) is 0 Å². The number of nitrogens with one attached hydrogen (secondary N) is 1. The van der Waals surface area contributed by atoms with E-state index in [1.807, 2.05) is 24.3 Å². The van der Waals surface area contributed by atoms with Gasteiger partial charge in [0.05, 0.1) is 5.71 Å². The Hall–Kier alpha value is -1.31. The zero-order valence-electron chi connectivity index (χ0n) is 5.42. The summed E-state index contributed by atoms with van der Waals surface area (Å²) in [5.74, 6) is 0.840. The minimum absolute atomic E-state index is 0.430. The van der Waals surface area contributed by atoms with Gasteiger partial charge in [-0.2, -0.15) is 0 Å². The van der Waals surface area contributed by atoms with Gasteiger partial charge in [0.15, 0.2) is 0 Å². The molecule has 0 unspecified atom stereocenters. The van der Waals surface area contributed by atoms with E-state index in [0.29, 0.717) is 12.3 Å². The maximum Gasteiger partial charge on any atom is 0.130 e. The van der Waals surface area contributed by atoms with E-state index >= 15 is 0 Å². The van der Waals surface area contributed by atoms with E-state index in [2.05, 4.69) is 0 Å². The van der Waals surface area contributed by atoms with Gasteiger partial charge in [0.25, 0.3) is 0 Å². The Bertz CT molecular complexity index is 280. The van der Waals surface area contributed by atoms with E-state index in [4.69, 9.17) is 10.1 Å². The molecule has 2 nitrogen and oxygen atoms in total. The fourth-order valence-electron chi connectivity index (χ4n) is 1.07. The van der Waals surface area contributed by atoms with Crippen LogP contribution in [0.15, 0.2) is 24.3 Å². The first-order valence-corrected chi connectivity index (χ1v) is 3.17. The van der Waals surface area contributed by atoms with Crippen molar-refractivity contribution in [3.63, 3.8) is 0 Å². The lowest BCUT2D eigenvalue weighted by atomic mass is 10.1. The van der Waals surface area contributed by atoms with Crippen molar-refractivity contribution >= 4 is 5.71 Å². The molecule has 0 radical (unpaired) electrons. The van der Waals surface area contributed by atoms with Gasteiger partial charge < -0.3 is 10.1 Å². The Labute approximate surface area is 59.0 Å². The SMILES string of the molecule is N=C1COc2ccccc21. The molecular formula is C8H7NO. The van der Waals surface area contributed by atoms with Crippen LogP contribution in [-0.2, 0) is 0 Å². The number of ether oxygens (including phenoxy) is 1. The zero-order chi connectivity index (χ0) is 6.97. The Balaban J connectivity index is 2.61. The highest BCUT2D eigenvalue weighted by Gasteiger charge is 2.15. The molecule has 1 aromatic rings. The molecule has 1 N–H and O–H groups in total. The standard InChI is InChI=1S/C8H7NO/c9-7-5-10-8-4-2-1-3-6(7)8/h1-4,9H,5H2.